The van der Waals surface area contributed by atoms with Gasteiger partial charge in [-0.1, -0.05) is 53.8 Å². The first-order chi connectivity index (χ1) is 17.0. The molecule has 210 valence electrons. The molecule has 9 heteroatoms. The van der Waals surface area contributed by atoms with Crippen molar-refractivity contribution in [2.45, 2.75) is 112 Å². The number of rotatable bonds is 6. The van der Waals surface area contributed by atoms with E-state index in [1.165, 1.54) is 44.7 Å². The highest BCUT2D eigenvalue weighted by Gasteiger charge is 2.63. The second-order valence-corrected chi connectivity index (χ2v) is 19.0. The number of nitrogens with zero attached hydrogens (tertiary/aromatic N) is 1. The number of fused-ring (bicyclic) bond motifs is 4. The molecule has 0 unspecified atom stereocenters. The molecule has 1 aromatic heterocycles. The lowest BCUT2D eigenvalue weighted by Gasteiger charge is -2.47. The highest BCUT2D eigenvalue weighted by Crippen LogP contribution is 2.72. The predicted molar refractivity (Wildman–Crippen MR) is 154 cm³/mol. The molecular formula is C28H46NO5PS2. The molecule has 0 amide bonds. The van der Waals surface area contributed by atoms with Gasteiger partial charge in [-0.15, -0.1) is 0 Å². The number of aryl methyl sites for hydroxylation is 1. The molecule has 6 atom stereocenters. The highest BCUT2D eigenvalue weighted by molar-refractivity contribution is 8.60. The van der Waals surface area contributed by atoms with E-state index in [1.54, 1.807) is 6.92 Å². The molecule has 4 fully saturated rings. The Kier molecular flexibility index (Phi) is 8.05. The van der Waals surface area contributed by atoms with Gasteiger partial charge in [0.05, 0.1) is 31.1 Å². The number of thiol groups is 1. The van der Waals surface area contributed by atoms with Gasteiger partial charge in [-0.05, 0) is 90.8 Å². The smallest absolute Gasteiger partial charge is 0.244 e. The van der Waals surface area contributed by atoms with Gasteiger partial charge in [0.1, 0.15) is 5.75 Å². The van der Waals surface area contributed by atoms with E-state index < -0.39 is 5.69 Å². The predicted octanol–water partition coefficient (Wildman–Crippen LogP) is 6.68. The van der Waals surface area contributed by atoms with Crippen LogP contribution in [0.15, 0.2) is 6.20 Å². The Balaban J connectivity index is 0.000000225. The third-order valence-corrected chi connectivity index (χ3v) is 12.5. The molecule has 0 aromatic carbocycles. The molecule has 0 spiro atoms. The summed E-state index contributed by atoms with van der Waals surface area (Å²) in [6.07, 6.45) is 9.50. The summed E-state index contributed by atoms with van der Waals surface area (Å²) in [6.45, 7) is 15.3. The second kappa shape index (κ2) is 10.0. The molecule has 0 aliphatic heterocycles. The van der Waals surface area contributed by atoms with Crippen molar-refractivity contribution in [2.75, 3.05) is 0 Å². The average Bonchev–Trinajstić information content (AvgIpc) is 3.50. The Morgan fingerprint density at radius 2 is 1.41 bits per heavy atom. The monoisotopic (exact) mass is 571 g/mol. The Morgan fingerprint density at radius 3 is 1.76 bits per heavy atom. The molecule has 6 nitrogen and oxygen atoms in total. The molecule has 1 heterocycles. The molecular weight excluding hydrogens is 525 g/mol. The van der Waals surface area contributed by atoms with Crippen LogP contribution in [0.3, 0.4) is 0 Å². The SMILES string of the molecule is CC1(C)[C@H]2CC[C@](C)(C2)[C@H]1OP(=S)(S)O[C@H]1C(C)(C)[C@H]2CC[C@]1(C)C2.Cc1ncc(CO)c(CO)c1O. The maximum Gasteiger partial charge on any atom is 0.244 e. The summed E-state index contributed by atoms with van der Waals surface area (Å²) < 4.78 is 13.3. The standard InChI is InChI=1S/C20H35O2PS2.C8H11NO3/c1-17(2)13-7-9-19(5,11-13)15(17)21-23(24,25)22-16-18(3,4)14-8-10-20(16,6)12-14;1-5-8(12)7(4-11)6(3-10)2-9-5/h13-16H,7-12H2,1-6H3,(H,24,25);2,10-12H,3-4H2,1H3/t13-,14-,15-,16-,19+,20+;/m0./s1. The number of pyridine rings is 1. The van der Waals surface area contributed by atoms with Crippen molar-refractivity contribution in [3.05, 3.63) is 23.0 Å². The lowest BCUT2D eigenvalue weighted by Crippen LogP contribution is -2.43. The zero-order valence-electron chi connectivity index (χ0n) is 23.5. The van der Waals surface area contributed by atoms with E-state index in [9.17, 15) is 5.11 Å². The Morgan fingerprint density at radius 1 is 0.946 bits per heavy atom. The highest BCUT2D eigenvalue weighted by atomic mass is 32.9. The van der Waals surface area contributed by atoms with E-state index in [2.05, 4.69) is 46.5 Å². The van der Waals surface area contributed by atoms with E-state index >= 15 is 0 Å². The van der Waals surface area contributed by atoms with E-state index in [0.29, 0.717) is 16.8 Å². The first-order valence-corrected chi connectivity index (χ1v) is 17.4. The Hall–Kier alpha value is -0.210. The summed E-state index contributed by atoms with van der Waals surface area (Å²) >= 11 is 10.7. The van der Waals surface area contributed by atoms with Crippen molar-refractivity contribution >= 4 is 29.7 Å². The fourth-order valence-corrected chi connectivity index (χ4v) is 11.0. The Bertz CT molecular complexity index is 1020. The van der Waals surface area contributed by atoms with Crippen LogP contribution >= 0.6 is 17.9 Å². The lowest BCUT2D eigenvalue weighted by atomic mass is 9.70. The number of aromatic hydroxyl groups is 1. The van der Waals surface area contributed by atoms with E-state index in [0.717, 1.165) is 11.8 Å². The van der Waals surface area contributed by atoms with Crippen LogP contribution in [0, 0.1) is 40.4 Å². The number of hydrogen-bond acceptors (Lipinski definition) is 7. The van der Waals surface area contributed by atoms with Crippen molar-refractivity contribution in [1.29, 1.82) is 0 Å². The summed E-state index contributed by atoms with van der Waals surface area (Å²) in [4.78, 5) is 3.84. The van der Waals surface area contributed by atoms with Crippen LogP contribution in [0.5, 0.6) is 5.75 Å². The number of hydrogen-bond donors (Lipinski definition) is 4. The van der Waals surface area contributed by atoms with Gasteiger partial charge in [0.2, 0.25) is 5.69 Å². The molecule has 37 heavy (non-hydrogen) atoms. The average molecular weight is 572 g/mol. The van der Waals surface area contributed by atoms with E-state index in [-0.39, 0.29) is 52.8 Å². The fourth-order valence-electron chi connectivity index (χ4n) is 8.33. The summed E-state index contributed by atoms with van der Waals surface area (Å²) in [5.74, 6) is 1.47. The quantitative estimate of drug-likeness (QED) is 0.224. The number of aromatic nitrogens is 1. The molecule has 4 aliphatic rings. The molecule has 5 rings (SSSR count). The summed E-state index contributed by atoms with van der Waals surface area (Å²) in [5, 5.41) is 27.0. The van der Waals surface area contributed by atoms with Crippen LogP contribution in [0.2, 0.25) is 0 Å². The number of aliphatic hydroxyl groups is 2. The van der Waals surface area contributed by atoms with Crippen molar-refractivity contribution in [3.63, 3.8) is 0 Å². The van der Waals surface area contributed by atoms with Gasteiger partial charge < -0.3 is 24.4 Å². The van der Waals surface area contributed by atoms with E-state index in [1.807, 2.05) is 0 Å². The van der Waals surface area contributed by atoms with Gasteiger partial charge in [0.25, 0.3) is 0 Å². The summed E-state index contributed by atoms with van der Waals surface area (Å²) in [5.41, 5.74) is -0.450. The van der Waals surface area contributed by atoms with Gasteiger partial charge in [-0.3, -0.25) is 4.98 Å². The van der Waals surface area contributed by atoms with Crippen LogP contribution in [-0.4, -0.2) is 32.5 Å². The molecule has 1 aromatic rings. The van der Waals surface area contributed by atoms with Crippen molar-refractivity contribution in [2.24, 2.45) is 33.5 Å². The van der Waals surface area contributed by atoms with E-state index in [4.69, 9.17) is 43.3 Å². The van der Waals surface area contributed by atoms with Crippen LogP contribution < -0.4 is 0 Å². The summed E-state index contributed by atoms with van der Waals surface area (Å²) in [7, 11) is 0. The maximum absolute atomic E-state index is 9.38. The first kappa shape index (κ1) is 29.8. The van der Waals surface area contributed by atoms with Crippen LogP contribution in [-0.2, 0) is 34.1 Å². The van der Waals surface area contributed by atoms with Crippen LogP contribution in [0.1, 0.15) is 96.9 Å². The Labute approximate surface area is 233 Å². The van der Waals surface area contributed by atoms with Crippen LogP contribution in [0.4, 0.5) is 0 Å². The van der Waals surface area contributed by atoms with Gasteiger partial charge in [-0.2, -0.15) is 0 Å². The van der Waals surface area contributed by atoms with Gasteiger partial charge >= 0.3 is 0 Å². The second-order valence-electron chi connectivity index (χ2n) is 13.8. The molecule has 4 bridgehead atoms. The zero-order chi connectivity index (χ0) is 27.6. The molecule has 0 radical (unpaired) electrons. The largest absolute Gasteiger partial charge is 0.506 e. The fraction of sp³-hybridized carbons (Fsp3) is 0.821. The molecule has 4 saturated carbocycles. The minimum absolute atomic E-state index is 0.0379. The normalized spacial score (nSPS) is 37.0. The van der Waals surface area contributed by atoms with Crippen molar-refractivity contribution in [1.82, 2.24) is 4.98 Å². The summed E-state index contributed by atoms with van der Waals surface area (Å²) in [6, 6.07) is 0. The minimum atomic E-state index is -2.57. The third kappa shape index (κ3) is 5.18. The van der Waals surface area contributed by atoms with Gasteiger partial charge in [-0.25, -0.2) is 0 Å². The molecule has 0 saturated heterocycles. The zero-order valence-corrected chi connectivity index (χ0v) is 26.1. The van der Waals surface area contributed by atoms with Crippen molar-refractivity contribution in [3.8, 4) is 5.75 Å². The van der Waals surface area contributed by atoms with Gasteiger partial charge in [0.15, 0.2) is 0 Å². The maximum atomic E-state index is 9.38. The topological polar surface area (TPSA) is 92.0 Å². The van der Waals surface area contributed by atoms with Crippen molar-refractivity contribution < 1.29 is 24.4 Å². The molecule has 3 N–H and O–H groups in total. The third-order valence-electron chi connectivity index (χ3n) is 10.5. The van der Waals surface area contributed by atoms with Gasteiger partial charge in [0, 0.05) is 17.3 Å². The minimum Gasteiger partial charge on any atom is -0.506 e. The van der Waals surface area contributed by atoms with Crippen LogP contribution in [0.25, 0.3) is 0 Å². The first-order valence-electron chi connectivity index (χ1n) is 13.6. The lowest BCUT2D eigenvalue weighted by molar-refractivity contribution is -0.0446. The molecule has 4 aliphatic carbocycles. The number of aliphatic hydroxyl groups excluding tert-OH is 2.